The molecule has 0 unspecified atom stereocenters. The molecule has 1 aromatic carbocycles. The van der Waals surface area contributed by atoms with Crippen molar-refractivity contribution in [1.82, 2.24) is 15.1 Å². The van der Waals surface area contributed by atoms with Crippen molar-refractivity contribution in [3.8, 4) is 5.75 Å². The van der Waals surface area contributed by atoms with Crippen LogP contribution in [0, 0.1) is 0 Å². The number of nitrogens with zero attached hydrogens (tertiary/aromatic N) is 5. The number of halogens is 1. The Balaban J connectivity index is 1.39. The molecule has 1 amide bonds. The summed E-state index contributed by atoms with van der Waals surface area (Å²) < 4.78 is 5.32. The predicted molar refractivity (Wildman–Crippen MR) is 110 cm³/mol. The van der Waals surface area contributed by atoms with Gasteiger partial charge in [0.25, 0.3) is 5.91 Å². The second-order valence-corrected chi connectivity index (χ2v) is 7.50. The number of ether oxygens (including phenoxy) is 1. The Bertz CT molecular complexity index is 831. The molecule has 4 rings (SSSR count). The molecule has 1 aromatic heterocycles. The Hall–Kier alpha value is -2.54. The predicted octanol–water partition coefficient (Wildman–Crippen LogP) is 2.70. The van der Waals surface area contributed by atoms with E-state index in [4.69, 9.17) is 16.3 Å². The van der Waals surface area contributed by atoms with Crippen LogP contribution in [0.1, 0.15) is 23.2 Å². The number of methoxy groups -OCH3 is 1. The third kappa shape index (κ3) is 3.85. The second-order valence-electron chi connectivity index (χ2n) is 7.07. The quantitative estimate of drug-likeness (QED) is 0.785. The van der Waals surface area contributed by atoms with Crippen LogP contribution in [0.3, 0.4) is 0 Å². The summed E-state index contributed by atoms with van der Waals surface area (Å²) in [5.41, 5.74) is 0.498. The zero-order chi connectivity index (χ0) is 19.5. The summed E-state index contributed by atoms with van der Waals surface area (Å²) in [4.78, 5) is 19.2. The van der Waals surface area contributed by atoms with Crippen molar-refractivity contribution in [2.75, 3.05) is 56.2 Å². The number of amides is 1. The first-order valence-corrected chi connectivity index (χ1v) is 10.00. The number of anilines is 2. The molecule has 0 spiro atoms. The fourth-order valence-corrected chi connectivity index (χ4v) is 3.93. The molecule has 0 saturated carbocycles. The van der Waals surface area contributed by atoms with Crippen LogP contribution in [0.2, 0.25) is 5.02 Å². The smallest absolute Gasteiger partial charge is 0.257 e. The maximum atomic E-state index is 12.9. The van der Waals surface area contributed by atoms with Gasteiger partial charge in [-0.15, -0.1) is 10.2 Å². The van der Waals surface area contributed by atoms with Gasteiger partial charge in [0, 0.05) is 44.3 Å². The summed E-state index contributed by atoms with van der Waals surface area (Å²) in [6.45, 7) is 4.77. The van der Waals surface area contributed by atoms with Crippen molar-refractivity contribution < 1.29 is 9.53 Å². The van der Waals surface area contributed by atoms with E-state index in [-0.39, 0.29) is 5.91 Å². The molecule has 7 nitrogen and oxygen atoms in total. The van der Waals surface area contributed by atoms with Crippen LogP contribution in [-0.4, -0.2) is 67.4 Å². The van der Waals surface area contributed by atoms with E-state index < -0.39 is 0 Å². The van der Waals surface area contributed by atoms with Gasteiger partial charge in [0.2, 0.25) is 0 Å². The van der Waals surface area contributed by atoms with Crippen molar-refractivity contribution in [3.05, 3.63) is 40.9 Å². The zero-order valence-electron chi connectivity index (χ0n) is 16.0. The summed E-state index contributed by atoms with van der Waals surface area (Å²) >= 11 is 6.07. The Labute approximate surface area is 169 Å². The van der Waals surface area contributed by atoms with E-state index in [1.165, 1.54) is 12.8 Å². The van der Waals surface area contributed by atoms with E-state index in [0.29, 0.717) is 42.5 Å². The Morgan fingerprint density at radius 3 is 2.11 bits per heavy atom. The van der Waals surface area contributed by atoms with Gasteiger partial charge in [-0.1, -0.05) is 11.6 Å². The molecule has 3 heterocycles. The van der Waals surface area contributed by atoms with Crippen LogP contribution in [0.15, 0.2) is 30.3 Å². The highest BCUT2D eigenvalue weighted by molar-refractivity contribution is 6.31. The summed E-state index contributed by atoms with van der Waals surface area (Å²) in [7, 11) is 1.56. The van der Waals surface area contributed by atoms with Gasteiger partial charge in [-0.3, -0.25) is 4.79 Å². The molecule has 0 aliphatic carbocycles. The van der Waals surface area contributed by atoms with Gasteiger partial charge in [0.15, 0.2) is 11.6 Å². The van der Waals surface area contributed by atoms with Crippen molar-refractivity contribution in [3.63, 3.8) is 0 Å². The Kier molecular flexibility index (Phi) is 5.52. The average molecular weight is 402 g/mol. The minimum Gasteiger partial charge on any atom is -0.496 e. The molecular weight excluding hydrogens is 378 g/mol. The minimum absolute atomic E-state index is 0.0607. The van der Waals surface area contributed by atoms with Crippen LogP contribution in [0.25, 0.3) is 0 Å². The minimum atomic E-state index is -0.0607. The number of aromatic nitrogens is 2. The van der Waals surface area contributed by atoms with Crippen molar-refractivity contribution >= 4 is 29.1 Å². The highest BCUT2D eigenvalue weighted by atomic mass is 35.5. The van der Waals surface area contributed by atoms with E-state index in [2.05, 4.69) is 20.0 Å². The molecular formula is C20H24ClN5O2. The Morgan fingerprint density at radius 2 is 1.54 bits per heavy atom. The van der Waals surface area contributed by atoms with Crippen LogP contribution >= 0.6 is 11.6 Å². The number of hydrogen-bond acceptors (Lipinski definition) is 6. The fraction of sp³-hybridized carbons (Fsp3) is 0.450. The first-order chi connectivity index (χ1) is 13.7. The lowest BCUT2D eigenvalue weighted by atomic mass is 10.1. The SMILES string of the molecule is COc1ccc(Cl)cc1C(=O)N1CCN(c2ccc(N3CCCC3)nn2)CC1. The standard InChI is InChI=1S/C20H24ClN5O2/c1-28-17-5-4-15(21)14-16(17)20(27)26-12-10-25(11-13-26)19-7-6-18(22-23-19)24-8-2-3-9-24/h4-7,14H,2-3,8-13H2,1H3. The fourth-order valence-electron chi connectivity index (χ4n) is 3.76. The number of rotatable bonds is 4. The molecule has 8 heteroatoms. The van der Waals surface area contributed by atoms with Gasteiger partial charge in [-0.2, -0.15) is 0 Å². The Morgan fingerprint density at radius 1 is 0.929 bits per heavy atom. The molecule has 2 fully saturated rings. The van der Waals surface area contributed by atoms with Crippen LogP contribution in [-0.2, 0) is 0 Å². The highest BCUT2D eigenvalue weighted by Crippen LogP contribution is 2.25. The van der Waals surface area contributed by atoms with E-state index in [9.17, 15) is 4.79 Å². The van der Waals surface area contributed by atoms with Gasteiger partial charge in [0.05, 0.1) is 12.7 Å². The molecule has 0 atom stereocenters. The molecule has 2 saturated heterocycles. The molecule has 148 valence electrons. The first kappa shape index (κ1) is 18.8. The van der Waals surface area contributed by atoms with E-state index in [1.807, 2.05) is 17.0 Å². The lowest BCUT2D eigenvalue weighted by Gasteiger charge is -2.35. The third-order valence-electron chi connectivity index (χ3n) is 5.35. The molecule has 2 aromatic rings. The topological polar surface area (TPSA) is 61.8 Å². The summed E-state index contributed by atoms with van der Waals surface area (Å²) in [5, 5.41) is 9.32. The first-order valence-electron chi connectivity index (χ1n) is 9.62. The zero-order valence-corrected chi connectivity index (χ0v) is 16.7. The van der Waals surface area contributed by atoms with Gasteiger partial charge in [0.1, 0.15) is 5.75 Å². The van der Waals surface area contributed by atoms with E-state index in [0.717, 1.165) is 24.7 Å². The maximum absolute atomic E-state index is 12.9. The van der Waals surface area contributed by atoms with Gasteiger partial charge < -0.3 is 19.4 Å². The number of hydrogen-bond donors (Lipinski definition) is 0. The average Bonchev–Trinajstić information content (AvgIpc) is 3.28. The van der Waals surface area contributed by atoms with Crippen molar-refractivity contribution in [2.45, 2.75) is 12.8 Å². The number of carbonyl (C=O) groups is 1. The lowest BCUT2D eigenvalue weighted by Crippen LogP contribution is -2.49. The number of piperazine rings is 1. The molecule has 0 bridgehead atoms. The van der Waals surface area contributed by atoms with Crippen LogP contribution in [0.4, 0.5) is 11.6 Å². The normalized spacial score (nSPS) is 17.1. The third-order valence-corrected chi connectivity index (χ3v) is 5.58. The lowest BCUT2D eigenvalue weighted by molar-refractivity contribution is 0.0743. The number of benzene rings is 1. The van der Waals surface area contributed by atoms with E-state index in [1.54, 1.807) is 25.3 Å². The van der Waals surface area contributed by atoms with Crippen molar-refractivity contribution in [1.29, 1.82) is 0 Å². The van der Waals surface area contributed by atoms with Crippen molar-refractivity contribution in [2.24, 2.45) is 0 Å². The van der Waals surface area contributed by atoms with Crippen LogP contribution < -0.4 is 14.5 Å². The monoisotopic (exact) mass is 401 g/mol. The summed E-state index contributed by atoms with van der Waals surface area (Å²) in [5.74, 6) is 2.29. The molecule has 2 aliphatic heterocycles. The molecule has 28 heavy (non-hydrogen) atoms. The van der Waals surface area contributed by atoms with Crippen LogP contribution in [0.5, 0.6) is 5.75 Å². The van der Waals surface area contributed by atoms with Gasteiger partial charge >= 0.3 is 0 Å². The maximum Gasteiger partial charge on any atom is 0.257 e. The van der Waals surface area contributed by atoms with E-state index >= 15 is 0 Å². The highest BCUT2D eigenvalue weighted by Gasteiger charge is 2.25. The molecule has 0 radical (unpaired) electrons. The summed E-state index contributed by atoms with van der Waals surface area (Å²) in [6.07, 6.45) is 2.44. The largest absolute Gasteiger partial charge is 0.496 e. The van der Waals surface area contributed by atoms with Gasteiger partial charge in [-0.05, 0) is 43.2 Å². The molecule has 0 N–H and O–H groups in total. The van der Waals surface area contributed by atoms with Gasteiger partial charge in [-0.25, -0.2) is 0 Å². The number of carbonyl (C=O) groups excluding carboxylic acids is 1. The molecule has 2 aliphatic rings. The summed E-state index contributed by atoms with van der Waals surface area (Å²) in [6, 6.07) is 9.18. The second kappa shape index (κ2) is 8.22.